The van der Waals surface area contributed by atoms with Crippen LogP contribution in [0.5, 0.6) is 11.5 Å². The lowest BCUT2D eigenvalue weighted by Crippen LogP contribution is -2.43. The molecule has 5 rings (SSSR count). The van der Waals surface area contributed by atoms with Gasteiger partial charge in [-0.25, -0.2) is 24.9 Å². The molecule has 190 valence electrons. The van der Waals surface area contributed by atoms with Gasteiger partial charge in [0.2, 0.25) is 5.95 Å². The average Bonchev–Trinajstić information content (AvgIpc) is 2.88. The average molecular weight is 499 g/mol. The van der Waals surface area contributed by atoms with Crippen LogP contribution in [0.25, 0.3) is 11.0 Å². The summed E-state index contributed by atoms with van der Waals surface area (Å²) in [6.45, 7) is 8.91. The van der Waals surface area contributed by atoms with Crippen LogP contribution in [0.4, 0.5) is 17.5 Å². The second-order valence-corrected chi connectivity index (χ2v) is 9.46. The Hall–Kier alpha value is -4.31. The van der Waals surface area contributed by atoms with Crippen molar-refractivity contribution in [1.29, 1.82) is 0 Å². The normalized spacial score (nSPS) is 15.6. The Morgan fingerprint density at radius 3 is 2.73 bits per heavy atom. The van der Waals surface area contributed by atoms with E-state index in [1.165, 1.54) is 12.5 Å². The molecule has 0 spiro atoms. The Balaban J connectivity index is 1.38. The number of aryl methyl sites for hydroxylation is 2. The van der Waals surface area contributed by atoms with E-state index in [-0.39, 0.29) is 0 Å². The standard InChI is InChI=1S/C27H30N8O2/c1-5-28-23-15-20(8-11-34(23)4)37-22-7-6-19(14-18(22)2)32-25-24-21(30-17-31-25)16-29-26(33-24)35-12-9-27(3,36)10-13-35/h5-8,11,14-17,36H,1,9-10,12-13H2,2-4H3,(H,30,31,32). The molecule has 0 unspecified atom stereocenters. The van der Waals surface area contributed by atoms with Gasteiger partial charge in [0.15, 0.2) is 5.82 Å². The van der Waals surface area contributed by atoms with Gasteiger partial charge < -0.3 is 24.6 Å². The van der Waals surface area contributed by atoms with E-state index in [1.54, 1.807) is 6.20 Å². The van der Waals surface area contributed by atoms with Crippen LogP contribution in [0.1, 0.15) is 25.3 Å². The Bertz CT molecular complexity index is 1520. The van der Waals surface area contributed by atoms with E-state index in [4.69, 9.17) is 9.72 Å². The summed E-state index contributed by atoms with van der Waals surface area (Å²) in [6.07, 6.45) is 7.95. The van der Waals surface area contributed by atoms with E-state index >= 15 is 0 Å². The zero-order chi connectivity index (χ0) is 26.0. The van der Waals surface area contributed by atoms with Crippen LogP contribution in [0.3, 0.4) is 0 Å². The molecule has 0 amide bonds. The number of ether oxygens (including phenoxy) is 1. The quantitative estimate of drug-likeness (QED) is 0.410. The molecule has 37 heavy (non-hydrogen) atoms. The van der Waals surface area contributed by atoms with E-state index in [1.807, 2.05) is 62.0 Å². The van der Waals surface area contributed by atoms with Crippen molar-refractivity contribution in [1.82, 2.24) is 24.5 Å². The Kier molecular flexibility index (Phi) is 6.58. The van der Waals surface area contributed by atoms with Gasteiger partial charge in [-0.1, -0.05) is 6.58 Å². The van der Waals surface area contributed by atoms with E-state index in [0.717, 1.165) is 22.5 Å². The van der Waals surface area contributed by atoms with Gasteiger partial charge in [0, 0.05) is 44.3 Å². The van der Waals surface area contributed by atoms with Crippen molar-refractivity contribution in [3.8, 4) is 11.5 Å². The fraction of sp³-hybridized carbons (Fsp3) is 0.296. The summed E-state index contributed by atoms with van der Waals surface area (Å²) in [5, 5.41) is 13.6. The number of piperidine rings is 1. The summed E-state index contributed by atoms with van der Waals surface area (Å²) in [7, 11) is 1.92. The summed E-state index contributed by atoms with van der Waals surface area (Å²) < 4.78 is 8.01. The van der Waals surface area contributed by atoms with Crippen LogP contribution >= 0.6 is 0 Å². The molecule has 4 aromatic rings. The van der Waals surface area contributed by atoms with Crippen molar-refractivity contribution in [3.63, 3.8) is 0 Å². The van der Waals surface area contributed by atoms with E-state index in [2.05, 4.69) is 36.7 Å². The highest BCUT2D eigenvalue weighted by atomic mass is 16.5. The number of aromatic nitrogens is 5. The zero-order valence-corrected chi connectivity index (χ0v) is 21.2. The van der Waals surface area contributed by atoms with E-state index in [9.17, 15) is 5.11 Å². The molecule has 1 aliphatic heterocycles. The van der Waals surface area contributed by atoms with Crippen LogP contribution in [0.15, 0.2) is 66.8 Å². The summed E-state index contributed by atoms with van der Waals surface area (Å²) in [5.41, 5.74) is 3.20. The first-order chi connectivity index (χ1) is 17.8. The molecule has 10 nitrogen and oxygen atoms in total. The number of anilines is 3. The van der Waals surface area contributed by atoms with Gasteiger partial charge in [0.25, 0.3) is 0 Å². The van der Waals surface area contributed by atoms with Crippen molar-refractivity contribution >= 4 is 28.5 Å². The predicted octanol–water partition coefficient (Wildman–Crippen LogP) is 4.00. The molecule has 0 aliphatic carbocycles. The maximum absolute atomic E-state index is 10.3. The number of hydrogen-bond donors (Lipinski definition) is 2. The molecule has 1 aromatic carbocycles. The van der Waals surface area contributed by atoms with Crippen molar-refractivity contribution in [2.45, 2.75) is 32.3 Å². The lowest BCUT2D eigenvalue weighted by molar-refractivity contribution is 0.0349. The minimum absolute atomic E-state index is 0.594. The van der Waals surface area contributed by atoms with Crippen LogP contribution in [0, 0.1) is 6.92 Å². The smallest absolute Gasteiger partial charge is 0.226 e. The molecule has 1 aliphatic rings. The number of benzene rings is 1. The van der Waals surface area contributed by atoms with Crippen LogP contribution < -0.4 is 20.4 Å². The maximum atomic E-state index is 10.3. The largest absolute Gasteiger partial charge is 0.457 e. The Labute approximate surface area is 215 Å². The first-order valence-corrected chi connectivity index (χ1v) is 12.1. The highest BCUT2D eigenvalue weighted by Crippen LogP contribution is 2.30. The van der Waals surface area contributed by atoms with Crippen molar-refractivity contribution in [2.24, 2.45) is 12.0 Å². The summed E-state index contributed by atoms with van der Waals surface area (Å²) in [4.78, 5) is 24.4. The topological polar surface area (TPSA) is 114 Å². The van der Waals surface area contributed by atoms with Crippen molar-refractivity contribution < 1.29 is 9.84 Å². The fourth-order valence-electron chi connectivity index (χ4n) is 4.21. The predicted molar refractivity (Wildman–Crippen MR) is 143 cm³/mol. The molecule has 2 N–H and O–H groups in total. The third-order valence-electron chi connectivity index (χ3n) is 6.47. The minimum Gasteiger partial charge on any atom is -0.457 e. The SMILES string of the molecule is C=CN=c1cc(Oc2ccc(Nc3ncnc4cnc(N5CCC(C)(O)CC5)nc34)cc2C)ccn1C. The lowest BCUT2D eigenvalue weighted by Gasteiger charge is -2.35. The van der Waals surface area contributed by atoms with Gasteiger partial charge in [0.1, 0.15) is 34.3 Å². The van der Waals surface area contributed by atoms with E-state index < -0.39 is 5.60 Å². The number of hydrogen-bond acceptors (Lipinski definition) is 9. The second kappa shape index (κ2) is 9.98. The Morgan fingerprint density at radius 1 is 1.16 bits per heavy atom. The molecule has 10 heteroatoms. The molecule has 0 radical (unpaired) electrons. The molecule has 0 atom stereocenters. The number of nitrogens with zero attached hydrogens (tertiary/aromatic N) is 7. The van der Waals surface area contributed by atoms with Gasteiger partial charge >= 0.3 is 0 Å². The number of fused-ring (bicyclic) bond motifs is 1. The third kappa shape index (κ3) is 5.44. The minimum atomic E-state index is -0.640. The number of rotatable bonds is 6. The maximum Gasteiger partial charge on any atom is 0.226 e. The summed E-state index contributed by atoms with van der Waals surface area (Å²) >= 11 is 0. The first-order valence-electron chi connectivity index (χ1n) is 12.1. The highest BCUT2D eigenvalue weighted by molar-refractivity contribution is 5.87. The molecule has 1 fully saturated rings. The first kappa shape index (κ1) is 24.4. The number of pyridine rings is 1. The van der Waals surface area contributed by atoms with Gasteiger partial charge in [-0.3, -0.25) is 0 Å². The molecule has 4 heterocycles. The lowest BCUT2D eigenvalue weighted by atomic mass is 9.94. The number of nitrogens with one attached hydrogen (secondary N) is 1. The van der Waals surface area contributed by atoms with Crippen molar-refractivity contribution in [3.05, 3.63) is 72.9 Å². The highest BCUT2D eigenvalue weighted by Gasteiger charge is 2.28. The molecular formula is C27H30N8O2. The Morgan fingerprint density at radius 2 is 1.97 bits per heavy atom. The monoisotopic (exact) mass is 498 g/mol. The fourth-order valence-corrected chi connectivity index (χ4v) is 4.21. The van der Waals surface area contributed by atoms with Gasteiger partial charge in [-0.05, 0) is 56.5 Å². The van der Waals surface area contributed by atoms with Gasteiger partial charge in [-0.15, -0.1) is 0 Å². The van der Waals surface area contributed by atoms with E-state index in [0.29, 0.717) is 54.5 Å². The molecule has 1 saturated heterocycles. The molecular weight excluding hydrogens is 468 g/mol. The summed E-state index contributed by atoms with van der Waals surface area (Å²) in [6, 6.07) is 9.60. The van der Waals surface area contributed by atoms with Gasteiger partial charge in [-0.2, -0.15) is 0 Å². The summed E-state index contributed by atoms with van der Waals surface area (Å²) in [5.74, 6) is 2.63. The van der Waals surface area contributed by atoms with Crippen LogP contribution in [0.2, 0.25) is 0 Å². The van der Waals surface area contributed by atoms with Gasteiger partial charge in [0.05, 0.1) is 11.8 Å². The second-order valence-electron chi connectivity index (χ2n) is 9.46. The number of aliphatic hydroxyl groups is 1. The molecule has 0 bridgehead atoms. The third-order valence-corrected chi connectivity index (χ3v) is 6.47. The molecule has 0 saturated carbocycles. The zero-order valence-electron chi connectivity index (χ0n) is 21.2. The van der Waals surface area contributed by atoms with Crippen LogP contribution in [-0.4, -0.2) is 48.3 Å². The molecule has 3 aromatic heterocycles. The van der Waals surface area contributed by atoms with Crippen molar-refractivity contribution in [2.75, 3.05) is 23.3 Å². The van der Waals surface area contributed by atoms with Crippen LogP contribution in [-0.2, 0) is 7.05 Å².